The molecule has 2 aliphatic rings. The number of methoxy groups -OCH3 is 1. The number of hydrogen-bond acceptors (Lipinski definition) is 6. The Morgan fingerprint density at radius 3 is 2.55 bits per heavy atom. The van der Waals surface area contributed by atoms with Gasteiger partial charge in [-0.05, 0) is 17.7 Å². The molecule has 0 radical (unpaired) electrons. The second-order valence-corrected chi connectivity index (χ2v) is 5.29. The normalized spacial score (nSPS) is 27.8. The molecule has 3 rings (SSSR count). The summed E-state index contributed by atoms with van der Waals surface area (Å²) in [5.74, 6) is -0.986. The van der Waals surface area contributed by atoms with Crippen LogP contribution < -0.4 is 0 Å². The highest BCUT2D eigenvalue weighted by molar-refractivity contribution is 5.86. The molecule has 1 aromatic carbocycles. The van der Waals surface area contributed by atoms with Crippen molar-refractivity contribution in [2.24, 2.45) is 5.92 Å². The second kappa shape index (κ2) is 5.38. The zero-order valence-electron chi connectivity index (χ0n) is 11.9. The smallest absolute Gasteiger partial charge is 0.167 e. The van der Waals surface area contributed by atoms with Gasteiger partial charge in [0.25, 0.3) is 0 Å². The van der Waals surface area contributed by atoms with Crippen molar-refractivity contribution in [3.63, 3.8) is 0 Å². The third-order valence-corrected chi connectivity index (χ3v) is 3.92. The number of Topliss-reactive ketones (excluding diaryl/α,β-unsaturated/α-hetero) is 1. The van der Waals surface area contributed by atoms with Gasteiger partial charge in [0, 0.05) is 12.5 Å². The molecule has 6 heteroatoms. The van der Waals surface area contributed by atoms with Crippen molar-refractivity contribution in [3.05, 3.63) is 53.2 Å². The van der Waals surface area contributed by atoms with E-state index in [1.165, 1.54) is 25.3 Å². The van der Waals surface area contributed by atoms with Gasteiger partial charge in [0.1, 0.15) is 29.6 Å². The first-order valence-corrected chi connectivity index (χ1v) is 6.86. The number of allylic oxidation sites excluding steroid dienone is 1. The first-order valence-electron chi connectivity index (χ1n) is 6.86. The summed E-state index contributed by atoms with van der Waals surface area (Å²) in [5.41, 5.74) is 0.737. The van der Waals surface area contributed by atoms with Crippen LogP contribution in [0.2, 0.25) is 0 Å². The van der Waals surface area contributed by atoms with Crippen LogP contribution in [-0.2, 0) is 14.3 Å². The van der Waals surface area contributed by atoms with E-state index in [9.17, 15) is 20.1 Å². The quantitative estimate of drug-likeness (QED) is 0.770. The maximum absolute atomic E-state index is 12.4. The molecule has 116 valence electrons. The average Bonchev–Trinajstić information content (AvgIpc) is 2.47. The molecule has 0 spiro atoms. The second-order valence-electron chi connectivity index (χ2n) is 5.29. The van der Waals surface area contributed by atoms with E-state index < -0.39 is 18.1 Å². The Morgan fingerprint density at radius 2 is 1.91 bits per heavy atom. The Kier molecular flexibility index (Phi) is 3.54. The Balaban J connectivity index is 1.93. The molecule has 0 bridgehead atoms. The lowest BCUT2D eigenvalue weighted by Gasteiger charge is -2.36. The SMILES string of the molecule is COC1=C(O)C=C2OC(c3ccc(O)cc3)CC(=O)C2C1O. The summed E-state index contributed by atoms with van der Waals surface area (Å²) >= 11 is 0. The zero-order valence-corrected chi connectivity index (χ0v) is 11.9. The van der Waals surface area contributed by atoms with Crippen molar-refractivity contribution < 1.29 is 29.6 Å². The largest absolute Gasteiger partial charge is 0.508 e. The fraction of sp³-hybridized carbons (Fsp3) is 0.312. The van der Waals surface area contributed by atoms with Crippen LogP contribution in [0, 0.1) is 5.92 Å². The summed E-state index contributed by atoms with van der Waals surface area (Å²) < 4.78 is 10.7. The summed E-state index contributed by atoms with van der Waals surface area (Å²) in [7, 11) is 1.32. The van der Waals surface area contributed by atoms with E-state index in [2.05, 4.69) is 0 Å². The number of aliphatic hydroxyl groups excluding tert-OH is 2. The molecular formula is C16H16O6. The minimum absolute atomic E-state index is 0.0335. The molecule has 22 heavy (non-hydrogen) atoms. The van der Waals surface area contributed by atoms with Gasteiger partial charge >= 0.3 is 0 Å². The molecule has 1 aliphatic heterocycles. The molecule has 1 fully saturated rings. The monoisotopic (exact) mass is 304 g/mol. The van der Waals surface area contributed by atoms with Crippen LogP contribution in [0.5, 0.6) is 5.75 Å². The van der Waals surface area contributed by atoms with Crippen LogP contribution in [0.25, 0.3) is 0 Å². The van der Waals surface area contributed by atoms with Crippen LogP contribution in [0.3, 0.4) is 0 Å². The summed E-state index contributed by atoms with van der Waals surface area (Å²) in [6.45, 7) is 0. The van der Waals surface area contributed by atoms with Crippen molar-refractivity contribution in [3.8, 4) is 5.75 Å². The van der Waals surface area contributed by atoms with Crippen LogP contribution in [0.4, 0.5) is 0 Å². The molecule has 6 nitrogen and oxygen atoms in total. The van der Waals surface area contributed by atoms with Gasteiger partial charge in [-0.3, -0.25) is 4.79 Å². The summed E-state index contributed by atoms with van der Waals surface area (Å²) in [4.78, 5) is 12.4. The van der Waals surface area contributed by atoms with E-state index in [4.69, 9.17) is 9.47 Å². The number of carbonyl (C=O) groups is 1. The van der Waals surface area contributed by atoms with Gasteiger partial charge in [0.15, 0.2) is 17.3 Å². The van der Waals surface area contributed by atoms with Crippen LogP contribution >= 0.6 is 0 Å². The standard InChI is InChI=1S/C16H16O6/c1-21-16-11(19)7-13-14(15(16)20)10(18)6-12(22-13)8-2-4-9(17)5-3-8/h2-5,7,12,14-15,17,19-20H,6H2,1H3. The number of aliphatic hydroxyl groups is 2. The van der Waals surface area contributed by atoms with Crippen LogP contribution in [-0.4, -0.2) is 34.3 Å². The molecular weight excluding hydrogens is 288 g/mol. The molecule has 0 saturated carbocycles. The van der Waals surface area contributed by atoms with Crippen molar-refractivity contribution in [1.29, 1.82) is 0 Å². The maximum Gasteiger partial charge on any atom is 0.167 e. The fourth-order valence-corrected chi connectivity index (χ4v) is 2.81. The van der Waals surface area contributed by atoms with E-state index in [0.29, 0.717) is 0 Å². The number of benzene rings is 1. The first-order chi connectivity index (χ1) is 10.5. The Morgan fingerprint density at radius 1 is 1.23 bits per heavy atom. The van der Waals surface area contributed by atoms with Gasteiger partial charge in [0.05, 0.1) is 7.11 Å². The summed E-state index contributed by atoms with van der Waals surface area (Å²) in [6, 6.07) is 6.37. The third-order valence-electron chi connectivity index (χ3n) is 3.92. The Bertz CT molecular complexity index is 658. The fourth-order valence-electron chi connectivity index (χ4n) is 2.81. The lowest BCUT2D eigenvalue weighted by Crippen LogP contribution is -2.40. The van der Waals surface area contributed by atoms with E-state index in [-0.39, 0.29) is 35.2 Å². The number of ketones is 1. The first kappa shape index (κ1) is 14.5. The Hall–Kier alpha value is -2.47. The van der Waals surface area contributed by atoms with Gasteiger partial charge in [-0.2, -0.15) is 0 Å². The van der Waals surface area contributed by atoms with Crippen LogP contribution in [0.15, 0.2) is 47.6 Å². The highest BCUT2D eigenvalue weighted by atomic mass is 16.5. The predicted octanol–water partition coefficient (Wildman–Crippen LogP) is 1.71. The van der Waals surface area contributed by atoms with Gasteiger partial charge < -0.3 is 24.8 Å². The molecule has 1 saturated heterocycles. The van der Waals surface area contributed by atoms with E-state index in [1.54, 1.807) is 12.1 Å². The number of ether oxygens (including phenoxy) is 2. The summed E-state index contributed by atoms with van der Waals surface area (Å²) in [6.07, 6.45) is -0.361. The minimum atomic E-state index is -1.25. The van der Waals surface area contributed by atoms with Gasteiger partial charge in [-0.1, -0.05) is 12.1 Å². The van der Waals surface area contributed by atoms with Gasteiger partial charge in [0.2, 0.25) is 0 Å². The molecule has 1 aromatic rings. The van der Waals surface area contributed by atoms with Crippen molar-refractivity contribution >= 4 is 5.78 Å². The maximum atomic E-state index is 12.4. The number of phenolic OH excluding ortho intramolecular Hbond substituents is 1. The van der Waals surface area contributed by atoms with Gasteiger partial charge in [-0.15, -0.1) is 0 Å². The lowest BCUT2D eigenvalue weighted by molar-refractivity contribution is -0.135. The number of carbonyl (C=O) groups excluding carboxylic acids is 1. The van der Waals surface area contributed by atoms with Crippen molar-refractivity contribution in [2.75, 3.05) is 7.11 Å². The number of hydrogen-bond donors (Lipinski definition) is 3. The average molecular weight is 304 g/mol. The summed E-state index contributed by atoms with van der Waals surface area (Å²) in [5, 5.41) is 29.3. The predicted molar refractivity (Wildman–Crippen MR) is 75.8 cm³/mol. The molecule has 3 N–H and O–H groups in total. The number of fused-ring (bicyclic) bond motifs is 1. The molecule has 0 aromatic heterocycles. The van der Waals surface area contributed by atoms with Crippen molar-refractivity contribution in [1.82, 2.24) is 0 Å². The third kappa shape index (κ3) is 2.31. The topological polar surface area (TPSA) is 96.2 Å². The van der Waals surface area contributed by atoms with E-state index in [1.807, 2.05) is 0 Å². The molecule has 3 unspecified atom stereocenters. The van der Waals surface area contributed by atoms with Gasteiger partial charge in [-0.25, -0.2) is 0 Å². The molecule has 1 heterocycles. The number of phenols is 1. The van der Waals surface area contributed by atoms with Crippen molar-refractivity contribution in [2.45, 2.75) is 18.6 Å². The lowest BCUT2D eigenvalue weighted by atomic mass is 9.83. The minimum Gasteiger partial charge on any atom is -0.508 e. The highest BCUT2D eigenvalue weighted by Crippen LogP contribution is 2.41. The van der Waals surface area contributed by atoms with E-state index >= 15 is 0 Å². The van der Waals surface area contributed by atoms with Crippen LogP contribution in [0.1, 0.15) is 18.1 Å². The molecule has 3 atom stereocenters. The number of rotatable bonds is 2. The zero-order chi connectivity index (χ0) is 15.9. The highest BCUT2D eigenvalue weighted by Gasteiger charge is 2.44. The Labute approximate surface area is 126 Å². The number of aromatic hydroxyl groups is 1. The van der Waals surface area contributed by atoms with E-state index in [0.717, 1.165) is 5.56 Å². The molecule has 1 aliphatic carbocycles. The molecule has 0 amide bonds.